The molecular formula is C29H31N3O3S3. The Morgan fingerprint density at radius 3 is 2.42 bits per heavy atom. The molecule has 0 saturated carbocycles. The van der Waals surface area contributed by atoms with E-state index in [0.29, 0.717) is 30.5 Å². The van der Waals surface area contributed by atoms with E-state index in [-0.39, 0.29) is 10.8 Å². The number of hydrogen-bond donors (Lipinski definition) is 1. The second kappa shape index (κ2) is 10.2. The van der Waals surface area contributed by atoms with Crippen LogP contribution in [0.25, 0.3) is 20.8 Å². The maximum absolute atomic E-state index is 13.3. The molecule has 2 aromatic carbocycles. The molecule has 1 aliphatic carbocycles. The summed E-state index contributed by atoms with van der Waals surface area (Å²) in [6.07, 6.45) is 5.35. The largest absolute Gasteiger partial charge is 0.313 e. The van der Waals surface area contributed by atoms with Gasteiger partial charge in [0.25, 0.3) is 5.91 Å². The molecule has 6 nitrogen and oxygen atoms in total. The lowest BCUT2D eigenvalue weighted by atomic mass is 9.94. The highest BCUT2D eigenvalue weighted by Crippen LogP contribution is 2.46. The quantitative estimate of drug-likeness (QED) is 0.288. The zero-order valence-corrected chi connectivity index (χ0v) is 24.0. The van der Waals surface area contributed by atoms with Gasteiger partial charge in [-0.1, -0.05) is 26.0 Å². The Hall–Kier alpha value is -2.59. The zero-order valence-electron chi connectivity index (χ0n) is 21.6. The number of amides is 1. The standard InChI is InChI=1S/C29H31N3O3S3/c1-18-15-19(2)17-32(16-18)38(34,35)21-13-11-20(12-14-21)27(33)31-29-26(22-7-3-5-9-24(22)36-29)28-30-23-8-4-6-10-25(23)37-28/h4,6,8,10-14,18-19H,3,5,7,9,15-17H2,1-2H3,(H,31,33). The summed E-state index contributed by atoms with van der Waals surface area (Å²) in [5, 5.41) is 4.91. The highest BCUT2D eigenvalue weighted by Gasteiger charge is 2.32. The number of fused-ring (bicyclic) bond motifs is 2. The molecule has 198 valence electrons. The number of benzene rings is 2. The van der Waals surface area contributed by atoms with E-state index in [0.717, 1.165) is 57.9 Å². The predicted molar refractivity (Wildman–Crippen MR) is 156 cm³/mol. The van der Waals surface area contributed by atoms with E-state index in [1.165, 1.54) is 10.4 Å². The predicted octanol–water partition coefficient (Wildman–Crippen LogP) is 6.82. The fraction of sp³-hybridized carbons (Fsp3) is 0.379. The number of para-hydroxylation sites is 1. The molecule has 0 spiro atoms. The van der Waals surface area contributed by atoms with Gasteiger partial charge in [-0.05, 0) is 85.9 Å². The number of sulfonamides is 1. The van der Waals surface area contributed by atoms with Crippen molar-refractivity contribution >= 4 is 53.8 Å². The summed E-state index contributed by atoms with van der Waals surface area (Å²) in [5.74, 6) is 0.426. The molecular weight excluding hydrogens is 535 g/mol. The molecule has 1 saturated heterocycles. The molecule has 1 N–H and O–H groups in total. The fourth-order valence-corrected chi connectivity index (χ4v) is 9.84. The maximum Gasteiger partial charge on any atom is 0.256 e. The van der Waals surface area contributed by atoms with Gasteiger partial charge in [0.1, 0.15) is 10.0 Å². The molecule has 2 aromatic heterocycles. The van der Waals surface area contributed by atoms with E-state index in [4.69, 9.17) is 4.98 Å². The number of thiophene rings is 1. The summed E-state index contributed by atoms with van der Waals surface area (Å²) in [6, 6.07) is 14.5. The van der Waals surface area contributed by atoms with Crippen LogP contribution in [-0.4, -0.2) is 36.7 Å². The van der Waals surface area contributed by atoms with E-state index in [1.807, 2.05) is 18.2 Å². The number of rotatable bonds is 5. The van der Waals surface area contributed by atoms with E-state index in [2.05, 4.69) is 25.2 Å². The third kappa shape index (κ3) is 4.81. The van der Waals surface area contributed by atoms with Crippen LogP contribution in [0.15, 0.2) is 53.4 Å². The molecule has 2 aliphatic rings. The van der Waals surface area contributed by atoms with E-state index < -0.39 is 10.0 Å². The highest BCUT2D eigenvalue weighted by atomic mass is 32.2. The van der Waals surface area contributed by atoms with Crippen molar-refractivity contribution in [2.75, 3.05) is 18.4 Å². The van der Waals surface area contributed by atoms with Crippen LogP contribution in [0.1, 0.15) is 53.9 Å². The molecule has 2 atom stereocenters. The number of hydrogen-bond acceptors (Lipinski definition) is 6. The van der Waals surface area contributed by atoms with Crippen LogP contribution in [0, 0.1) is 11.8 Å². The van der Waals surface area contributed by atoms with Gasteiger partial charge in [0.15, 0.2) is 0 Å². The lowest BCUT2D eigenvalue weighted by Crippen LogP contribution is -2.42. The molecule has 9 heteroatoms. The second-order valence-electron chi connectivity index (χ2n) is 10.6. The number of aromatic nitrogens is 1. The SMILES string of the molecule is CC1CC(C)CN(S(=O)(=O)c2ccc(C(=O)Nc3sc4c(c3-c3nc5ccccc5s3)CCCC4)cc2)C1. The van der Waals surface area contributed by atoms with E-state index in [1.54, 1.807) is 51.2 Å². The fourth-order valence-electron chi connectivity index (χ4n) is 5.76. The Balaban J connectivity index is 1.27. The molecule has 1 aliphatic heterocycles. The Morgan fingerprint density at radius 1 is 0.974 bits per heavy atom. The molecule has 1 amide bonds. The Bertz CT molecular complexity index is 1560. The third-order valence-corrected chi connectivity index (χ3v) is 11.6. The molecule has 1 fully saturated rings. The second-order valence-corrected chi connectivity index (χ2v) is 14.7. The smallest absolute Gasteiger partial charge is 0.256 e. The molecule has 0 radical (unpaired) electrons. The van der Waals surface area contributed by atoms with Crippen molar-refractivity contribution in [1.29, 1.82) is 0 Å². The first-order valence-corrected chi connectivity index (χ1v) is 16.3. The first kappa shape index (κ1) is 25.7. The number of piperidine rings is 1. The van der Waals surface area contributed by atoms with Crippen molar-refractivity contribution in [3.63, 3.8) is 0 Å². The van der Waals surface area contributed by atoms with Gasteiger partial charge >= 0.3 is 0 Å². The molecule has 3 heterocycles. The normalized spacial score (nSPS) is 20.4. The minimum absolute atomic E-state index is 0.233. The lowest BCUT2D eigenvalue weighted by molar-refractivity contribution is 0.102. The summed E-state index contributed by atoms with van der Waals surface area (Å²) in [7, 11) is -3.59. The van der Waals surface area contributed by atoms with Crippen LogP contribution in [0.5, 0.6) is 0 Å². The average Bonchev–Trinajstić information content (AvgIpc) is 3.48. The summed E-state index contributed by atoms with van der Waals surface area (Å²) < 4.78 is 29.2. The first-order valence-electron chi connectivity index (χ1n) is 13.2. The number of nitrogens with one attached hydrogen (secondary N) is 1. The van der Waals surface area contributed by atoms with Crippen LogP contribution in [-0.2, 0) is 22.9 Å². The van der Waals surface area contributed by atoms with E-state index in [9.17, 15) is 13.2 Å². The van der Waals surface area contributed by atoms with Gasteiger partial charge in [-0.3, -0.25) is 4.79 Å². The topological polar surface area (TPSA) is 79.4 Å². The monoisotopic (exact) mass is 565 g/mol. The van der Waals surface area contributed by atoms with Crippen molar-refractivity contribution in [2.24, 2.45) is 11.8 Å². The molecule has 6 rings (SSSR count). The van der Waals surface area contributed by atoms with Crippen molar-refractivity contribution in [3.8, 4) is 10.6 Å². The maximum atomic E-state index is 13.3. The molecule has 4 aromatic rings. The molecule has 2 unspecified atom stereocenters. The van der Waals surface area contributed by atoms with Gasteiger partial charge in [-0.25, -0.2) is 13.4 Å². The number of nitrogens with zero attached hydrogens (tertiary/aromatic N) is 2. The summed E-state index contributed by atoms with van der Waals surface area (Å²) >= 11 is 3.30. The summed E-state index contributed by atoms with van der Waals surface area (Å²) in [5.41, 5.74) is 3.76. The van der Waals surface area contributed by atoms with Crippen LogP contribution in [0.2, 0.25) is 0 Å². The first-order chi connectivity index (χ1) is 18.3. The van der Waals surface area contributed by atoms with Gasteiger partial charge < -0.3 is 5.32 Å². The van der Waals surface area contributed by atoms with Gasteiger partial charge in [-0.15, -0.1) is 22.7 Å². The minimum Gasteiger partial charge on any atom is -0.313 e. The van der Waals surface area contributed by atoms with Gasteiger partial charge in [0.05, 0.1) is 15.1 Å². The van der Waals surface area contributed by atoms with Crippen LogP contribution >= 0.6 is 22.7 Å². The Morgan fingerprint density at radius 2 is 1.68 bits per heavy atom. The Labute approximate surface area is 231 Å². The van der Waals surface area contributed by atoms with Crippen molar-refractivity contribution in [1.82, 2.24) is 9.29 Å². The van der Waals surface area contributed by atoms with Crippen molar-refractivity contribution in [2.45, 2.75) is 50.8 Å². The van der Waals surface area contributed by atoms with E-state index >= 15 is 0 Å². The number of anilines is 1. The number of carbonyl (C=O) groups excluding carboxylic acids is 1. The van der Waals surface area contributed by atoms with Gasteiger partial charge in [0.2, 0.25) is 10.0 Å². The van der Waals surface area contributed by atoms with Crippen LogP contribution in [0.4, 0.5) is 5.00 Å². The molecule has 38 heavy (non-hydrogen) atoms. The lowest BCUT2D eigenvalue weighted by Gasteiger charge is -2.34. The van der Waals surface area contributed by atoms with Gasteiger partial charge in [-0.2, -0.15) is 4.31 Å². The third-order valence-electron chi connectivity index (χ3n) is 7.50. The highest BCUT2D eigenvalue weighted by molar-refractivity contribution is 7.89. The minimum atomic E-state index is -3.59. The summed E-state index contributed by atoms with van der Waals surface area (Å²) in [6.45, 7) is 5.26. The number of aryl methyl sites for hydroxylation is 1. The van der Waals surface area contributed by atoms with Gasteiger partial charge in [0, 0.05) is 29.1 Å². The molecule has 0 bridgehead atoms. The average molecular weight is 566 g/mol. The summed E-state index contributed by atoms with van der Waals surface area (Å²) in [4.78, 5) is 19.8. The van der Waals surface area contributed by atoms with Crippen LogP contribution < -0.4 is 5.32 Å². The zero-order chi connectivity index (χ0) is 26.4. The Kier molecular flexibility index (Phi) is 6.88. The van der Waals surface area contributed by atoms with Crippen molar-refractivity contribution < 1.29 is 13.2 Å². The van der Waals surface area contributed by atoms with Crippen molar-refractivity contribution in [3.05, 3.63) is 64.5 Å². The van der Waals surface area contributed by atoms with Crippen LogP contribution in [0.3, 0.4) is 0 Å². The number of thiazole rings is 1. The number of carbonyl (C=O) groups is 1.